The first-order chi connectivity index (χ1) is 7.63. The predicted molar refractivity (Wildman–Crippen MR) is 69.0 cm³/mol. The molecule has 0 saturated heterocycles. The van der Waals surface area contributed by atoms with Crippen molar-refractivity contribution in [2.75, 3.05) is 0 Å². The molecule has 3 nitrogen and oxygen atoms in total. The van der Waals surface area contributed by atoms with Crippen molar-refractivity contribution < 1.29 is 9.90 Å². The Hall–Kier alpha value is -1.35. The van der Waals surface area contributed by atoms with E-state index in [1.54, 1.807) is 33.8 Å². The van der Waals surface area contributed by atoms with Gasteiger partial charge in [0.25, 0.3) is 5.91 Å². The van der Waals surface area contributed by atoms with E-state index in [1.807, 2.05) is 25.1 Å². The van der Waals surface area contributed by atoms with Gasteiger partial charge < -0.3 is 10.4 Å². The van der Waals surface area contributed by atoms with E-state index in [2.05, 4.69) is 5.32 Å². The fraction of sp³-hybridized carbons (Fsp3) is 0.500. The fourth-order valence-electron chi connectivity index (χ4n) is 1.30. The minimum atomic E-state index is -0.980. The van der Waals surface area contributed by atoms with Crippen LogP contribution in [0.5, 0.6) is 0 Å². The summed E-state index contributed by atoms with van der Waals surface area (Å²) < 4.78 is 0. The zero-order valence-corrected chi connectivity index (χ0v) is 11.2. The lowest BCUT2D eigenvalue weighted by Crippen LogP contribution is -2.57. The van der Waals surface area contributed by atoms with E-state index >= 15 is 0 Å². The molecule has 0 heterocycles. The molecule has 0 fully saturated rings. The average Bonchev–Trinajstić information content (AvgIpc) is 2.15. The van der Waals surface area contributed by atoms with Crippen LogP contribution in [0.25, 0.3) is 0 Å². The number of rotatable bonds is 3. The van der Waals surface area contributed by atoms with E-state index in [-0.39, 0.29) is 5.91 Å². The monoisotopic (exact) mass is 235 g/mol. The summed E-state index contributed by atoms with van der Waals surface area (Å²) in [4.78, 5) is 12.0. The molecule has 0 saturated carbocycles. The number of aryl methyl sites for hydroxylation is 1. The zero-order valence-electron chi connectivity index (χ0n) is 11.2. The third-order valence-corrected chi connectivity index (χ3v) is 3.24. The molecule has 0 aliphatic carbocycles. The molecule has 1 aromatic carbocycles. The number of hydrogen-bond donors (Lipinski definition) is 2. The van der Waals surface area contributed by atoms with Gasteiger partial charge in [-0.1, -0.05) is 17.7 Å². The molecule has 0 atom stereocenters. The van der Waals surface area contributed by atoms with Crippen molar-refractivity contribution >= 4 is 5.91 Å². The van der Waals surface area contributed by atoms with Crippen molar-refractivity contribution in [3.63, 3.8) is 0 Å². The third-order valence-electron chi connectivity index (χ3n) is 3.24. The highest BCUT2D eigenvalue weighted by Crippen LogP contribution is 2.21. The molecule has 0 bridgehead atoms. The van der Waals surface area contributed by atoms with Crippen molar-refractivity contribution in [3.05, 3.63) is 35.4 Å². The Morgan fingerprint density at radius 2 is 1.82 bits per heavy atom. The van der Waals surface area contributed by atoms with Crippen molar-refractivity contribution in [1.29, 1.82) is 0 Å². The number of carbonyl (C=O) groups excluding carboxylic acids is 1. The SMILES string of the molecule is Cc1cccc(C(=O)NC(C)(C)C(C)(C)O)c1. The predicted octanol–water partition coefficient (Wildman–Crippen LogP) is 2.27. The summed E-state index contributed by atoms with van der Waals surface area (Å²) in [6, 6.07) is 7.39. The van der Waals surface area contributed by atoms with Gasteiger partial charge in [-0.25, -0.2) is 0 Å². The minimum Gasteiger partial charge on any atom is -0.388 e. The van der Waals surface area contributed by atoms with Gasteiger partial charge in [-0.2, -0.15) is 0 Å². The second kappa shape index (κ2) is 4.49. The second-order valence-electron chi connectivity index (χ2n) is 5.51. The van der Waals surface area contributed by atoms with Crippen LogP contribution >= 0.6 is 0 Å². The fourth-order valence-corrected chi connectivity index (χ4v) is 1.30. The molecule has 0 aliphatic heterocycles. The Balaban J connectivity index is 2.87. The summed E-state index contributed by atoms with van der Waals surface area (Å²) in [6.45, 7) is 8.92. The Morgan fingerprint density at radius 1 is 1.24 bits per heavy atom. The van der Waals surface area contributed by atoms with Crippen molar-refractivity contribution in [3.8, 4) is 0 Å². The standard InChI is InChI=1S/C14H21NO2/c1-10-7-6-8-11(9-10)12(16)15-13(2,3)14(4,5)17/h6-9,17H,1-5H3,(H,15,16). The average molecular weight is 235 g/mol. The lowest BCUT2D eigenvalue weighted by Gasteiger charge is -2.38. The largest absolute Gasteiger partial charge is 0.388 e. The number of amides is 1. The maximum absolute atomic E-state index is 12.0. The zero-order chi connectivity index (χ0) is 13.3. The summed E-state index contributed by atoms with van der Waals surface area (Å²) in [5, 5.41) is 12.8. The van der Waals surface area contributed by atoms with Crippen molar-refractivity contribution in [2.45, 2.75) is 45.8 Å². The molecular formula is C14H21NO2. The normalized spacial score (nSPS) is 12.4. The molecular weight excluding hydrogens is 214 g/mol. The molecule has 0 aromatic heterocycles. The maximum atomic E-state index is 12.0. The van der Waals surface area contributed by atoms with Crippen LogP contribution < -0.4 is 5.32 Å². The quantitative estimate of drug-likeness (QED) is 0.844. The molecule has 94 valence electrons. The van der Waals surface area contributed by atoms with E-state index in [0.29, 0.717) is 5.56 Å². The number of benzene rings is 1. The summed E-state index contributed by atoms with van der Waals surface area (Å²) in [5.41, 5.74) is -0.0126. The molecule has 3 heteroatoms. The van der Waals surface area contributed by atoms with Gasteiger partial charge in [0.1, 0.15) is 0 Å². The van der Waals surface area contributed by atoms with E-state index in [4.69, 9.17) is 0 Å². The second-order valence-corrected chi connectivity index (χ2v) is 5.51. The highest BCUT2D eigenvalue weighted by molar-refractivity contribution is 5.94. The smallest absolute Gasteiger partial charge is 0.251 e. The van der Waals surface area contributed by atoms with E-state index in [1.165, 1.54) is 0 Å². The van der Waals surface area contributed by atoms with Crippen LogP contribution in [0.4, 0.5) is 0 Å². The van der Waals surface area contributed by atoms with Crippen LogP contribution in [0, 0.1) is 6.92 Å². The van der Waals surface area contributed by atoms with Crippen LogP contribution in [0.2, 0.25) is 0 Å². The number of nitrogens with one attached hydrogen (secondary N) is 1. The lowest BCUT2D eigenvalue weighted by atomic mass is 9.85. The van der Waals surface area contributed by atoms with Gasteiger partial charge in [-0.05, 0) is 46.8 Å². The molecule has 0 aliphatic rings. The van der Waals surface area contributed by atoms with Gasteiger partial charge in [0.2, 0.25) is 0 Å². The van der Waals surface area contributed by atoms with Gasteiger partial charge in [0.05, 0.1) is 11.1 Å². The Bertz CT molecular complexity index is 416. The minimum absolute atomic E-state index is 0.166. The first-order valence-electron chi connectivity index (χ1n) is 5.75. The van der Waals surface area contributed by atoms with Gasteiger partial charge >= 0.3 is 0 Å². The topological polar surface area (TPSA) is 49.3 Å². The summed E-state index contributed by atoms with van der Waals surface area (Å²) in [6.07, 6.45) is 0. The Morgan fingerprint density at radius 3 is 2.29 bits per heavy atom. The molecule has 2 N–H and O–H groups in total. The molecule has 1 rings (SSSR count). The van der Waals surface area contributed by atoms with E-state index in [9.17, 15) is 9.90 Å². The van der Waals surface area contributed by atoms with E-state index < -0.39 is 11.1 Å². The Kier molecular flexibility index (Phi) is 3.62. The van der Waals surface area contributed by atoms with Crippen LogP contribution in [0.3, 0.4) is 0 Å². The Labute approximate surface area is 103 Å². The third kappa shape index (κ3) is 3.30. The first kappa shape index (κ1) is 13.7. The maximum Gasteiger partial charge on any atom is 0.251 e. The number of carbonyl (C=O) groups is 1. The summed E-state index contributed by atoms with van der Waals surface area (Å²) in [5.74, 6) is -0.166. The van der Waals surface area contributed by atoms with Gasteiger partial charge in [-0.3, -0.25) is 4.79 Å². The van der Waals surface area contributed by atoms with Crippen molar-refractivity contribution in [1.82, 2.24) is 5.32 Å². The van der Waals surface area contributed by atoms with Crippen LogP contribution in [0.1, 0.15) is 43.6 Å². The van der Waals surface area contributed by atoms with Crippen LogP contribution in [-0.2, 0) is 0 Å². The van der Waals surface area contributed by atoms with Crippen molar-refractivity contribution in [2.24, 2.45) is 0 Å². The van der Waals surface area contributed by atoms with Gasteiger partial charge in [0.15, 0.2) is 0 Å². The first-order valence-corrected chi connectivity index (χ1v) is 5.75. The highest BCUT2D eigenvalue weighted by Gasteiger charge is 2.36. The van der Waals surface area contributed by atoms with Crippen LogP contribution in [-0.4, -0.2) is 22.2 Å². The molecule has 1 aromatic rings. The molecule has 0 spiro atoms. The van der Waals surface area contributed by atoms with E-state index in [0.717, 1.165) is 5.56 Å². The molecule has 0 radical (unpaired) electrons. The summed E-state index contributed by atoms with van der Waals surface area (Å²) >= 11 is 0. The lowest BCUT2D eigenvalue weighted by molar-refractivity contribution is -0.00292. The highest BCUT2D eigenvalue weighted by atomic mass is 16.3. The number of aliphatic hydroxyl groups is 1. The number of hydrogen-bond acceptors (Lipinski definition) is 2. The molecule has 1 amide bonds. The summed E-state index contributed by atoms with van der Waals surface area (Å²) in [7, 11) is 0. The van der Waals surface area contributed by atoms with Gasteiger partial charge in [0, 0.05) is 5.56 Å². The van der Waals surface area contributed by atoms with Gasteiger partial charge in [-0.15, -0.1) is 0 Å². The van der Waals surface area contributed by atoms with Crippen LogP contribution in [0.15, 0.2) is 24.3 Å². The molecule has 0 unspecified atom stereocenters. The molecule has 17 heavy (non-hydrogen) atoms.